The van der Waals surface area contributed by atoms with Crippen LogP contribution in [0.25, 0.3) is 10.9 Å². The fraction of sp³-hybridized carbons (Fsp3) is 0.0714. The normalized spacial score (nSPS) is 10.7. The van der Waals surface area contributed by atoms with Crippen LogP contribution in [-0.4, -0.2) is 26.0 Å². The predicted octanol–water partition coefficient (Wildman–Crippen LogP) is 2.41. The molecular formula is C14H11FN4O2. The summed E-state index contributed by atoms with van der Waals surface area (Å²) in [5, 5.41) is 12.6. The molecule has 6 nitrogen and oxygen atoms in total. The highest BCUT2D eigenvalue weighted by atomic mass is 19.1. The second kappa shape index (κ2) is 5.20. The Morgan fingerprint density at radius 3 is 3.05 bits per heavy atom. The molecule has 0 amide bonds. The van der Waals surface area contributed by atoms with Crippen LogP contribution in [0, 0.1) is 5.82 Å². The monoisotopic (exact) mass is 286 g/mol. The highest BCUT2D eigenvalue weighted by Gasteiger charge is 2.08. The van der Waals surface area contributed by atoms with E-state index in [4.69, 9.17) is 5.11 Å². The molecular weight excluding hydrogens is 275 g/mol. The Bertz CT molecular complexity index is 816. The lowest BCUT2D eigenvalue weighted by molar-refractivity contribution is 0.0683. The van der Waals surface area contributed by atoms with Gasteiger partial charge < -0.3 is 15.4 Å². The molecule has 21 heavy (non-hydrogen) atoms. The maximum absolute atomic E-state index is 13.3. The molecule has 7 heteroatoms. The van der Waals surface area contributed by atoms with Crippen LogP contribution in [0.3, 0.4) is 0 Å². The summed E-state index contributed by atoms with van der Waals surface area (Å²) < 4.78 is 13.3. The Hall–Kier alpha value is -2.96. The van der Waals surface area contributed by atoms with Gasteiger partial charge >= 0.3 is 5.97 Å². The molecule has 2 aromatic heterocycles. The predicted molar refractivity (Wildman–Crippen MR) is 74.6 cm³/mol. The summed E-state index contributed by atoms with van der Waals surface area (Å²) in [6, 6.07) is 6.08. The molecule has 0 fully saturated rings. The van der Waals surface area contributed by atoms with Crippen LogP contribution in [0.1, 0.15) is 16.2 Å². The molecule has 0 spiro atoms. The number of aromatic carboxylic acids is 1. The molecule has 0 unspecified atom stereocenters. The average Bonchev–Trinajstić information content (AvgIpc) is 2.87. The van der Waals surface area contributed by atoms with Crippen molar-refractivity contribution in [2.24, 2.45) is 0 Å². The van der Waals surface area contributed by atoms with Crippen molar-refractivity contribution in [2.75, 3.05) is 5.32 Å². The summed E-state index contributed by atoms with van der Waals surface area (Å²) in [6.45, 7) is 0.388. The number of halogens is 1. The van der Waals surface area contributed by atoms with Crippen molar-refractivity contribution in [3.63, 3.8) is 0 Å². The van der Waals surface area contributed by atoms with Gasteiger partial charge in [0.1, 0.15) is 11.6 Å². The number of rotatable bonds is 4. The summed E-state index contributed by atoms with van der Waals surface area (Å²) in [6.07, 6.45) is 3.14. The summed E-state index contributed by atoms with van der Waals surface area (Å²) >= 11 is 0. The van der Waals surface area contributed by atoms with Gasteiger partial charge in [-0.2, -0.15) is 0 Å². The first-order valence-electron chi connectivity index (χ1n) is 6.19. The highest BCUT2D eigenvalue weighted by molar-refractivity contribution is 5.84. The average molecular weight is 286 g/mol. The van der Waals surface area contributed by atoms with Gasteiger partial charge in [0.2, 0.25) is 5.82 Å². The molecule has 106 valence electrons. The van der Waals surface area contributed by atoms with Crippen molar-refractivity contribution < 1.29 is 14.3 Å². The number of hydrogen-bond acceptors (Lipinski definition) is 4. The first kappa shape index (κ1) is 13.0. The van der Waals surface area contributed by atoms with E-state index in [0.717, 1.165) is 16.5 Å². The lowest BCUT2D eigenvalue weighted by Crippen LogP contribution is -2.07. The fourth-order valence-electron chi connectivity index (χ4n) is 2.04. The van der Waals surface area contributed by atoms with Gasteiger partial charge in [0.15, 0.2) is 0 Å². The van der Waals surface area contributed by atoms with Gasteiger partial charge in [-0.05, 0) is 29.8 Å². The minimum Gasteiger partial charge on any atom is -0.475 e. The van der Waals surface area contributed by atoms with Crippen molar-refractivity contribution in [3.8, 4) is 0 Å². The van der Waals surface area contributed by atoms with Crippen LogP contribution in [0.15, 0.2) is 36.7 Å². The molecule has 3 rings (SSSR count). The van der Waals surface area contributed by atoms with Gasteiger partial charge in [-0.25, -0.2) is 19.2 Å². The number of benzene rings is 1. The first-order valence-corrected chi connectivity index (χ1v) is 6.19. The van der Waals surface area contributed by atoms with Crippen molar-refractivity contribution in [2.45, 2.75) is 6.54 Å². The molecule has 0 aliphatic heterocycles. The number of aromatic amines is 1. The first-order chi connectivity index (χ1) is 10.1. The molecule has 2 heterocycles. The van der Waals surface area contributed by atoms with Gasteiger partial charge in [0, 0.05) is 29.8 Å². The van der Waals surface area contributed by atoms with Gasteiger partial charge in [0.05, 0.1) is 0 Å². The molecule has 3 aromatic rings. The third kappa shape index (κ3) is 2.66. The molecule has 0 aliphatic rings. The van der Waals surface area contributed by atoms with E-state index in [9.17, 15) is 9.18 Å². The molecule has 0 radical (unpaired) electrons. The number of fused-ring (bicyclic) bond motifs is 1. The van der Waals surface area contributed by atoms with Crippen molar-refractivity contribution in [3.05, 3.63) is 53.9 Å². The maximum Gasteiger partial charge on any atom is 0.374 e. The Morgan fingerprint density at radius 2 is 2.24 bits per heavy atom. The topological polar surface area (TPSA) is 90.9 Å². The SMILES string of the molecule is O=C(O)c1nccc(NCc2c[nH]c3ccc(F)cc23)n1. The van der Waals surface area contributed by atoms with Gasteiger partial charge in [0.25, 0.3) is 0 Å². The Morgan fingerprint density at radius 1 is 1.38 bits per heavy atom. The van der Waals surface area contributed by atoms with E-state index in [1.165, 1.54) is 18.3 Å². The third-order valence-corrected chi connectivity index (χ3v) is 3.04. The van der Waals surface area contributed by atoms with Crippen LogP contribution in [0.2, 0.25) is 0 Å². The van der Waals surface area contributed by atoms with E-state index in [-0.39, 0.29) is 11.6 Å². The summed E-state index contributed by atoms with van der Waals surface area (Å²) in [5.74, 6) is -1.37. The van der Waals surface area contributed by atoms with Crippen molar-refractivity contribution >= 4 is 22.7 Å². The molecule has 3 N–H and O–H groups in total. The number of hydrogen-bond donors (Lipinski definition) is 3. The summed E-state index contributed by atoms with van der Waals surface area (Å²) in [4.78, 5) is 21.3. The second-order valence-electron chi connectivity index (χ2n) is 4.43. The molecule has 0 aliphatic carbocycles. The number of aromatic nitrogens is 3. The molecule has 0 atom stereocenters. The Balaban J connectivity index is 1.82. The van der Waals surface area contributed by atoms with E-state index < -0.39 is 5.97 Å². The number of carboxylic acid groups (broad SMARTS) is 1. The maximum atomic E-state index is 13.3. The third-order valence-electron chi connectivity index (χ3n) is 3.04. The van der Waals surface area contributed by atoms with Crippen LogP contribution < -0.4 is 5.32 Å². The standard InChI is InChI=1S/C14H11FN4O2/c15-9-1-2-11-10(5-9)8(6-17-11)7-18-12-3-4-16-13(19-12)14(20)21/h1-6,17H,7H2,(H,20,21)(H,16,18,19). The van der Waals surface area contributed by atoms with Crippen molar-refractivity contribution in [1.29, 1.82) is 0 Å². The minimum absolute atomic E-state index is 0.273. The van der Waals surface area contributed by atoms with E-state index in [0.29, 0.717) is 12.4 Å². The number of carboxylic acids is 1. The summed E-state index contributed by atoms with van der Waals surface area (Å²) in [7, 11) is 0. The molecule has 0 saturated heterocycles. The zero-order chi connectivity index (χ0) is 14.8. The number of anilines is 1. The number of nitrogens with one attached hydrogen (secondary N) is 2. The molecule has 0 bridgehead atoms. The van der Waals surface area contributed by atoms with E-state index >= 15 is 0 Å². The van der Waals surface area contributed by atoms with Crippen molar-refractivity contribution in [1.82, 2.24) is 15.0 Å². The van der Waals surface area contributed by atoms with E-state index in [1.54, 1.807) is 18.3 Å². The largest absolute Gasteiger partial charge is 0.475 e. The summed E-state index contributed by atoms with van der Waals surface area (Å²) in [5.41, 5.74) is 1.70. The minimum atomic E-state index is -1.19. The lowest BCUT2D eigenvalue weighted by atomic mass is 10.1. The van der Waals surface area contributed by atoms with Gasteiger partial charge in [-0.1, -0.05) is 0 Å². The quantitative estimate of drug-likeness (QED) is 0.685. The number of carbonyl (C=O) groups is 1. The highest BCUT2D eigenvalue weighted by Crippen LogP contribution is 2.20. The van der Waals surface area contributed by atoms with Crippen LogP contribution >= 0.6 is 0 Å². The van der Waals surface area contributed by atoms with E-state index in [2.05, 4.69) is 20.3 Å². The smallest absolute Gasteiger partial charge is 0.374 e. The zero-order valence-corrected chi connectivity index (χ0v) is 10.8. The van der Waals surface area contributed by atoms with Gasteiger partial charge in [-0.15, -0.1) is 0 Å². The number of H-pyrrole nitrogens is 1. The van der Waals surface area contributed by atoms with Gasteiger partial charge in [-0.3, -0.25) is 0 Å². The molecule has 0 saturated carbocycles. The zero-order valence-electron chi connectivity index (χ0n) is 10.8. The van der Waals surface area contributed by atoms with Crippen LogP contribution in [0.5, 0.6) is 0 Å². The van der Waals surface area contributed by atoms with E-state index in [1.807, 2.05) is 0 Å². The van der Waals surface area contributed by atoms with Crippen LogP contribution in [0.4, 0.5) is 10.2 Å². The Kier molecular flexibility index (Phi) is 3.23. The molecule has 1 aromatic carbocycles. The Labute approximate surface area is 118 Å². The van der Waals surface area contributed by atoms with Crippen LogP contribution in [-0.2, 0) is 6.54 Å². The lowest BCUT2D eigenvalue weighted by Gasteiger charge is -2.05. The number of nitrogens with zero attached hydrogens (tertiary/aromatic N) is 2. The fourth-order valence-corrected chi connectivity index (χ4v) is 2.04. The second-order valence-corrected chi connectivity index (χ2v) is 4.43.